The van der Waals surface area contributed by atoms with E-state index in [9.17, 15) is 4.79 Å². The van der Waals surface area contributed by atoms with Crippen molar-refractivity contribution >= 4 is 11.7 Å². The number of rotatable bonds is 5. The quantitative estimate of drug-likeness (QED) is 0.742. The van der Waals surface area contributed by atoms with Gasteiger partial charge in [0.15, 0.2) is 5.82 Å². The molecule has 1 atom stereocenters. The predicted molar refractivity (Wildman–Crippen MR) is 111 cm³/mol. The average Bonchev–Trinajstić information content (AvgIpc) is 2.79. The van der Waals surface area contributed by atoms with Crippen LogP contribution in [0.2, 0.25) is 0 Å². The Labute approximate surface area is 165 Å². The van der Waals surface area contributed by atoms with E-state index in [1.54, 1.807) is 0 Å². The second-order valence-corrected chi connectivity index (χ2v) is 7.13. The van der Waals surface area contributed by atoms with Gasteiger partial charge in [-0.2, -0.15) is 0 Å². The molecule has 1 amide bonds. The van der Waals surface area contributed by atoms with Crippen LogP contribution in [0.5, 0.6) is 0 Å². The van der Waals surface area contributed by atoms with Crippen molar-refractivity contribution in [2.75, 3.05) is 18.0 Å². The zero-order valence-electron chi connectivity index (χ0n) is 15.8. The zero-order chi connectivity index (χ0) is 19.2. The summed E-state index contributed by atoms with van der Waals surface area (Å²) in [5.41, 5.74) is 3.03. The van der Waals surface area contributed by atoms with E-state index in [1.165, 1.54) is 0 Å². The number of nitrogens with one attached hydrogen (secondary N) is 1. The van der Waals surface area contributed by atoms with E-state index in [4.69, 9.17) is 0 Å². The third kappa shape index (κ3) is 4.36. The highest BCUT2D eigenvalue weighted by Gasteiger charge is 2.26. The van der Waals surface area contributed by atoms with Crippen molar-refractivity contribution < 1.29 is 4.79 Å². The zero-order valence-corrected chi connectivity index (χ0v) is 15.8. The van der Waals surface area contributed by atoms with Crippen molar-refractivity contribution in [3.63, 3.8) is 0 Å². The van der Waals surface area contributed by atoms with E-state index in [2.05, 4.69) is 20.4 Å². The molecule has 1 N–H and O–H groups in total. The molecule has 1 fully saturated rings. The van der Waals surface area contributed by atoms with Crippen molar-refractivity contribution in [3.05, 3.63) is 78.4 Å². The van der Waals surface area contributed by atoms with E-state index in [1.807, 2.05) is 72.8 Å². The number of anilines is 1. The van der Waals surface area contributed by atoms with Crippen LogP contribution in [0.1, 0.15) is 18.4 Å². The van der Waals surface area contributed by atoms with E-state index in [0.29, 0.717) is 13.1 Å². The molecule has 142 valence electrons. The van der Waals surface area contributed by atoms with Crippen LogP contribution in [-0.4, -0.2) is 29.2 Å². The van der Waals surface area contributed by atoms with Gasteiger partial charge in [-0.25, -0.2) is 0 Å². The second kappa shape index (κ2) is 8.65. The standard InChI is InChI=1S/C23H24N4O/c28-23(24-16-18-8-3-1-4-9-18)20-12-7-15-27(17-20)22-14-13-21(25-26-22)19-10-5-2-6-11-19/h1-6,8-11,13-14,20H,7,12,15-17H2,(H,24,28). The molecule has 2 heterocycles. The number of hydrogen-bond donors (Lipinski definition) is 1. The monoisotopic (exact) mass is 372 g/mol. The topological polar surface area (TPSA) is 58.1 Å². The lowest BCUT2D eigenvalue weighted by molar-refractivity contribution is -0.125. The Bertz CT molecular complexity index is 897. The molecule has 3 aromatic rings. The van der Waals surface area contributed by atoms with Crippen LogP contribution in [0.3, 0.4) is 0 Å². The molecule has 0 saturated carbocycles. The lowest BCUT2D eigenvalue weighted by Crippen LogP contribution is -2.43. The van der Waals surface area contributed by atoms with E-state index >= 15 is 0 Å². The first-order chi connectivity index (χ1) is 13.8. The van der Waals surface area contributed by atoms with Gasteiger partial charge in [0.05, 0.1) is 11.6 Å². The maximum absolute atomic E-state index is 12.6. The molecule has 0 radical (unpaired) electrons. The number of amides is 1. The Kier molecular flexibility index (Phi) is 5.61. The summed E-state index contributed by atoms with van der Waals surface area (Å²) in [4.78, 5) is 14.8. The van der Waals surface area contributed by atoms with Gasteiger partial charge in [0, 0.05) is 25.2 Å². The van der Waals surface area contributed by atoms with Gasteiger partial charge in [0.2, 0.25) is 5.91 Å². The Balaban J connectivity index is 1.37. The summed E-state index contributed by atoms with van der Waals surface area (Å²) >= 11 is 0. The number of carbonyl (C=O) groups excluding carboxylic acids is 1. The molecule has 0 aliphatic carbocycles. The van der Waals surface area contributed by atoms with Crippen molar-refractivity contribution in [1.82, 2.24) is 15.5 Å². The lowest BCUT2D eigenvalue weighted by atomic mass is 9.97. The smallest absolute Gasteiger partial charge is 0.225 e. The number of benzene rings is 2. The van der Waals surface area contributed by atoms with Gasteiger partial charge in [0.25, 0.3) is 0 Å². The average molecular weight is 372 g/mol. The van der Waals surface area contributed by atoms with Crippen molar-refractivity contribution in [3.8, 4) is 11.3 Å². The van der Waals surface area contributed by atoms with E-state index < -0.39 is 0 Å². The molecule has 5 nitrogen and oxygen atoms in total. The maximum Gasteiger partial charge on any atom is 0.225 e. The minimum atomic E-state index is -0.0203. The molecule has 1 aliphatic heterocycles. The molecule has 0 bridgehead atoms. The number of carbonyl (C=O) groups is 1. The Morgan fingerprint density at radius 3 is 2.43 bits per heavy atom. The number of nitrogens with zero attached hydrogens (tertiary/aromatic N) is 3. The number of piperidine rings is 1. The fourth-order valence-electron chi connectivity index (χ4n) is 3.59. The van der Waals surface area contributed by atoms with Crippen molar-refractivity contribution in [2.45, 2.75) is 19.4 Å². The first-order valence-corrected chi connectivity index (χ1v) is 9.75. The minimum absolute atomic E-state index is 0.0203. The van der Waals surface area contributed by atoms with Gasteiger partial charge >= 0.3 is 0 Å². The highest BCUT2D eigenvalue weighted by Crippen LogP contribution is 2.23. The largest absolute Gasteiger partial charge is 0.354 e. The Morgan fingerprint density at radius 2 is 1.71 bits per heavy atom. The molecule has 2 aromatic carbocycles. The number of aromatic nitrogens is 2. The van der Waals surface area contributed by atoms with Gasteiger partial charge in [-0.05, 0) is 30.5 Å². The van der Waals surface area contributed by atoms with Crippen LogP contribution in [-0.2, 0) is 11.3 Å². The first kappa shape index (κ1) is 18.2. The maximum atomic E-state index is 12.6. The molecule has 4 rings (SSSR count). The molecule has 0 spiro atoms. The lowest BCUT2D eigenvalue weighted by Gasteiger charge is -2.32. The first-order valence-electron chi connectivity index (χ1n) is 9.75. The molecule has 5 heteroatoms. The molecule has 1 saturated heterocycles. The SMILES string of the molecule is O=C(NCc1ccccc1)C1CCCN(c2ccc(-c3ccccc3)nn2)C1. The summed E-state index contributed by atoms with van der Waals surface area (Å²) in [6.07, 6.45) is 1.89. The molecular formula is C23H24N4O. The van der Waals surface area contributed by atoms with Crippen LogP contribution in [0.25, 0.3) is 11.3 Å². The molecule has 1 aromatic heterocycles. The summed E-state index contributed by atoms with van der Waals surface area (Å²) in [6, 6.07) is 24.0. The summed E-state index contributed by atoms with van der Waals surface area (Å²) in [7, 11) is 0. The molecule has 1 unspecified atom stereocenters. The Hall–Kier alpha value is -3.21. The van der Waals surface area contributed by atoms with Crippen LogP contribution < -0.4 is 10.2 Å². The fraction of sp³-hybridized carbons (Fsp3) is 0.261. The van der Waals surface area contributed by atoms with Crippen molar-refractivity contribution in [2.24, 2.45) is 5.92 Å². The summed E-state index contributed by atoms with van der Waals surface area (Å²) in [5.74, 6) is 0.927. The molecular weight excluding hydrogens is 348 g/mol. The van der Waals surface area contributed by atoms with Crippen LogP contribution in [0.4, 0.5) is 5.82 Å². The minimum Gasteiger partial charge on any atom is -0.354 e. The van der Waals surface area contributed by atoms with Crippen molar-refractivity contribution in [1.29, 1.82) is 0 Å². The third-order valence-corrected chi connectivity index (χ3v) is 5.15. The summed E-state index contributed by atoms with van der Waals surface area (Å²) in [6.45, 7) is 2.16. The van der Waals surface area contributed by atoms with Gasteiger partial charge in [-0.15, -0.1) is 10.2 Å². The molecule has 1 aliphatic rings. The predicted octanol–water partition coefficient (Wildman–Crippen LogP) is 3.68. The van der Waals surface area contributed by atoms with Crippen LogP contribution >= 0.6 is 0 Å². The normalized spacial score (nSPS) is 16.6. The summed E-state index contributed by atoms with van der Waals surface area (Å²) < 4.78 is 0. The molecule has 28 heavy (non-hydrogen) atoms. The second-order valence-electron chi connectivity index (χ2n) is 7.13. The highest BCUT2D eigenvalue weighted by atomic mass is 16.1. The van der Waals surface area contributed by atoms with E-state index in [0.717, 1.165) is 42.0 Å². The third-order valence-electron chi connectivity index (χ3n) is 5.15. The van der Waals surface area contributed by atoms with Gasteiger partial charge in [-0.1, -0.05) is 60.7 Å². The van der Waals surface area contributed by atoms with Gasteiger partial charge in [0.1, 0.15) is 0 Å². The fourth-order valence-corrected chi connectivity index (χ4v) is 3.59. The number of hydrogen-bond acceptors (Lipinski definition) is 4. The van der Waals surface area contributed by atoms with Gasteiger partial charge in [-0.3, -0.25) is 4.79 Å². The summed E-state index contributed by atoms with van der Waals surface area (Å²) in [5, 5.41) is 11.9. The Morgan fingerprint density at radius 1 is 0.964 bits per heavy atom. The van der Waals surface area contributed by atoms with Gasteiger partial charge < -0.3 is 10.2 Å². The highest BCUT2D eigenvalue weighted by molar-refractivity contribution is 5.79. The van der Waals surface area contributed by atoms with Crippen LogP contribution in [0.15, 0.2) is 72.8 Å². The van der Waals surface area contributed by atoms with E-state index in [-0.39, 0.29) is 11.8 Å². The van der Waals surface area contributed by atoms with Crippen LogP contribution in [0, 0.1) is 5.92 Å².